The van der Waals surface area contributed by atoms with Crippen molar-refractivity contribution in [3.05, 3.63) is 0 Å². The Kier molecular flexibility index (Phi) is 6.12. The van der Waals surface area contributed by atoms with Crippen LogP contribution in [0, 0.1) is 0 Å². The molecular weight excluding hydrogens is 232 g/mol. The fourth-order valence-electron chi connectivity index (χ4n) is 2.29. The maximum absolute atomic E-state index is 12.0. The Morgan fingerprint density at radius 2 is 2.00 bits per heavy atom. The van der Waals surface area contributed by atoms with Crippen molar-refractivity contribution in [2.24, 2.45) is 0 Å². The Hall–Kier alpha value is -1.10. The van der Waals surface area contributed by atoms with Crippen LogP contribution in [0.1, 0.15) is 39.5 Å². The third-order valence-corrected chi connectivity index (χ3v) is 3.33. The predicted octanol–water partition coefficient (Wildman–Crippen LogP) is 0.929. The molecule has 1 N–H and O–H groups in total. The highest BCUT2D eigenvalue weighted by Crippen LogP contribution is 2.14. The van der Waals surface area contributed by atoms with Crippen LogP contribution in [0.2, 0.25) is 0 Å². The first-order chi connectivity index (χ1) is 8.61. The first-order valence-corrected chi connectivity index (χ1v) is 6.71. The zero-order chi connectivity index (χ0) is 13.5. The molecule has 1 heterocycles. The van der Waals surface area contributed by atoms with Gasteiger partial charge in [0, 0.05) is 20.3 Å². The van der Waals surface area contributed by atoms with E-state index in [4.69, 9.17) is 4.74 Å². The fourth-order valence-corrected chi connectivity index (χ4v) is 2.29. The van der Waals surface area contributed by atoms with Crippen LogP contribution in [0.25, 0.3) is 0 Å². The molecule has 0 bridgehead atoms. The summed E-state index contributed by atoms with van der Waals surface area (Å²) in [6, 6.07) is -0.685. The summed E-state index contributed by atoms with van der Waals surface area (Å²) in [6.45, 7) is 5.09. The number of rotatable bonds is 7. The van der Waals surface area contributed by atoms with Crippen molar-refractivity contribution in [1.82, 2.24) is 10.2 Å². The van der Waals surface area contributed by atoms with Crippen molar-refractivity contribution in [3.63, 3.8) is 0 Å². The standard InChI is InChI=1S/C13H24N2O3/c1-4-11-12(16)14-10(2)13(17)15(11)8-6-5-7-9-18-3/h10-11H,4-9H2,1-3H3,(H,14,16). The summed E-state index contributed by atoms with van der Waals surface area (Å²) in [5.41, 5.74) is 0. The van der Waals surface area contributed by atoms with Crippen molar-refractivity contribution in [1.29, 1.82) is 0 Å². The van der Waals surface area contributed by atoms with Crippen LogP contribution in [0.3, 0.4) is 0 Å². The molecule has 1 saturated heterocycles. The van der Waals surface area contributed by atoms with E-state index >= 15 is 0 Å². The van der Waals surface area contributed by atoms with Gasteiger partial charge >= 0.3 is 0 Å². The molecule has 1 aliphatic heterocycles. The molecule has 0 aromatic rings. The Morgan fingerprint density at radius 1 is 1.28 bits per heavy atom. The zero-order valence-electron chi connectivity index (χ0n) is 11.6. The molecule has 1 aliphatic rings. The molecule has 0 aromatic heterocycles. The van der Waals surface area contributed by atoms with Crippen LogP contribution in [-0.2, 0) is 14.3 Å². The second-order valence-electron chi connectivity index (χ2n) is 4.74. The molecule has 1 fully saturated rings. The monoisotopic (exact) mass is 256 g/mol. The minimum atomic E-state index is -0.390. The SMILES string of the molecule is CCC1C(=O)NC(C)C(=O)N1CCCCCOC. The van der Waals surface area contributed by atoms with Gasteiger partial charge in [-0.1, -0.05) is 6.92 Å². The average Bonchev–Trinajstić information content (AvgIpc) is 2.35. The Bertz CT molecular complexity index is 294. The maximum Gasteiger partial charge on any atom is 0.245 e. The summed E-state index contributed by atoms with van der Waals surface area (Å²) in [5, 5.41) is 2.72. The zero-order valence-corrected chi connectivity index (χ0v) is 11.6. The van der Waals surface area contributed by atoms with Gasteiger partial charge in [-0.25, -0.2) is 0 Å². The molecule has 2 amide bonds. The van der Waals surface area contributed by atoms with Gasteiger partial charge in [-0.2, -0.15) is 0 Å². The van der Waals surface area contributed by atoms with Gasteiger partial charge in [-0.3, -0.25) is 9.59 Å². The van der Waals surface area contributed by atoms with Crippen LogP contribution in [-0.4, -0.2) is 49.1 Å². The number of unbranched alkanes of at least 4 members (excludes halogenated alkanes) is 2. The highest BCUT2D eigenvalue weighted by molar-refractivity contribution is 5.96. The van der Waals surface area contributed by atoms with Crippen molar-refractivity contribution in [3.8, 4) is 0 Å². The first-order valence-electron chi connectivity index (χ1n) is 6.71. The van der Waals surface area contributed by atoms with Crippen molar-refractivity contribution >= 4 is 11.8 Å². The van der Waals surface area contributed by atoms with Crippen molar-refractivity contribution < 1.29 is 14.3 Å². The highest BCUT2D eigenvalue weighted by Gasteiger charge is 2.36. The number of nitrogens with one attached hydrogen (secondary N) is 1. The van der Waals surface area contributed by atoms with Crippen LogP contribution < -0.4 is 5.32 Å². The van der Waals surface area contributed by atoms with E-state index in [1.54, 1.807) is 18.9 Å². The van der Waals surface area contributed by atoms with E-state index < -0.39 is 0 Å². The summed E-state index contributed by atoms with van der Waals surface area (Å²) in [4.78, 5) is 25.6. The number of amides is 2. The van der Waals surface area contributed by atoms with Crippen LogP contribution >= 0.6 is 0 Å². The Morgan fingerprint density at radius 3 is 2.61 bits per heavy atom. The van der Waals surface area contributed by atoms with Gasteiger partial charge in [0.2, 0.25) is 11.8 Å². The lowest BCUT2D eigenvalue weighted by molar-refractivity contribution is -0.149. The lowest BCUT2D eigenvalue weighted by atomic mass is 10.1. The average molecular weight is 256 g/mol. The molecule has 0 spiro atoms. The fraction of sp³-hybridized carbons (Fsp3) is 0.846. The van der Waals surface area contributed by atoms with Gasteiger partial charge in [0.25, 0.3) is 0 Å². The molecule has 5 heteroatoms. The summed E-state index contributed by atoms with van der Waals surface area (Å²) in [7, 11) is 1.69. The molecule has 2 atom stereocenters. The van der Waals surface area contributed by atoms with Gasteiger partial charge in [0.1, 0.15) is 12.1 Å². The highest BCUT2D eigenvalue weighted by atomic mass is 16.5. The number of ether oxygens (including phenoxy) is 1. The van der Waals surface area contributed by atoms with E-state index in [9.17, 15) is 9.59 Å². The molecule has 2 unspecified atom stereocenters. The Balaban J connectivity index is 2.47. The number of carbonyl (C=O) groups excluding carboxylic acids is 2. The minimum Gasteiger partial charge on any atom is -0.385 e. The molecule has 1 rings (SSSR count). The first kappa shape index (κ1) is 15.0. The third-order valence-electron chi connectivity index (χ3n) is 3.33. The van der Waals surface area contributed by atoms with E-state index in [1.165, 1.54) is 0 Å². The van der Waals surface area contributed by atoms with Crippen molar-refractivity contribution in [2.45, 2.75) is 51.6 Å². The van der Waals surface area contributed by atoms with E-state index in [2.05, 4.69) is 5.32 Å². The van der Waals surface area contributed by atoms with Gasteiger partial charge in [-0.05, 0) is 32.6 Å². The molecule has 18 heavy (non-hydrogen) atoms. The lowest BCUT2D eigenvalue weighted by Crippen LogP contribution is -2.62. The van der Waals surface area contributed by atoms with Crippen LogP contribution in [0.5, 0.6) is 0 Å². The van der Waals surface area contributed by atoms with Crippen LogP contribution in [0.4, 0.5) is 0 Å². The topological polar surface area (TPSA) is 58.6 Å². The second kappa shape index (κ2) is 7.36. The molecule has 0 aliphatic carbocycles. The quantitative estimate of drug-likeness (QED) is 0.689. The predicted molar refractivity (Wildman–Crippen MR) is 69.1 cm³/mol. The summed E-state index contributed by atoms with van der Waals surface area (Å²) >= 11 is 0. The maximum atomic E-state index is 12.0. The van der Waals surface area contributed by atoms with Gasteiger partial charge in [0.15, 0.2) is 0 Å². The van der Waals surface area contributed by atoms with E-state index in [-0.39, 0.29) is 23.9 Å². The number of carbonyl (C=O) groups is 2. The normalized spacial score (nSPS) is 24.3. The van der Waals surface area contributed by atoms with E-state index in [0.717, 1.165) is 25.9 Å². The van der Waals surface area contributed by atoms with E-state index in [0.29, 0.717) is 13.0 Å². The minimum absolute atomic E-state index is 0.0264. The molecule has 0 saturated carbocycles. The van der Waals surface area contributed by atoms with Crippen molar-refractivity contribution in [2.75, 3.05) is 20.3 Å². The summed E-state index contributed by atoms with van der Waals surface area (Å²) in [5.74, 6) is 0.00897. The lowest BCUT2D eigenvalue weighted by Gasteiger charge is -2.37. The van der Waals surface area contributed by atoms with E-state index in [1.807, 2.05) is 6.92 Å². The number of nitrogens with zero attached hydrogens (tertiary/aromatic N) is 1. The molecule has 5 nitrogen and oxygen atoms in total. The molecular formula is C13H24N2O3. The van der Waals surface area contributed by atoms with Gasteiger partial charge in [-0.15, -0.1) is 0 Å². The Labute approximate surface area is 109 Å². The smallest absolute Gasteiger partial charge is 0.245 e. The molecule has 104 valence electrons. The van der Waals surface area contributed by atoms with Gasteiger partial charge < -0.3 is 15.0 Å². The second-order valence-corrected chi connectivity index (χ2v) is 4.74. The number of methoxy groups -OCH3 is 1. The number of piperazine rings is 1. The number of hydrogen-bond donors (Lipinski definition) is 1. The number of hydrogen-bond acceptors (Lipinski definition) is 3. The summed E-state index contributed by atoms with van der Waals surface area (Å²) < 4.78 is 4.99. The summed E-state index contributed by atoms with van der Waals surface area (Å²) in [6.07, 6.45) is 3.61. The van der Waals surface area contributed by atoms with Crippen LogP contribution in [0.15, 0.2) is 0 Å². The van der Waals surface area contributed by atoms with Gasteiger partial charge in [0.05, 0.1) is 0 Å². The largest absolute Gasteiger partial charge is 0.385 e. The molecule has 0 radical (unpaired) electrons. The molecule has 0 aromatic carbocycles. The third kappa shape index (κ3) is 3.70.